The largest absolute Gasteiger partial charge is 0.374 e. The van der Waals surface area contributed by atoms with Gasteiger partial charge in [0.25, 0.3) is 11.6 Å². The number of nitro groups is 1. The zero-order valence-corrected chi connectivity index (χ0v) is 13.3. The summed E-state index contributed by atoms with van der Waals surface area (Å²) in [6, 6.07) is 4.55. The first kappa shape index (κ1) is 16.9. The second-order valence-electron chi connectivity index (χ2n) is 5.58. The topological polar surface area (TPSA) is 75.5 Å². The van der Waals surface area contributed by atoms with Crippen molar-refractivity contribution in [2.24, 2.45) is 0 Å². The molecule has 0 heterocycles. The van der Waals surface area contributed by atoms with Crippen LogP contribution in [0.15, 0.2) is 18.2 Å². The normalized spacial score (nSPS) is 11.1. The minimum Gasteiger partial charge on any atom is -0.374 e. The third kappa shape index (κ3) is 3.93. The highest BCUT2D eigenvalue weighted by molar-refractivity contribution is 5.95. The lowest BCUT2D eigenvalue weighted by Gasteiger charge is -2.29. The maximum Gasteiger partial charge on any atom is 0.293 e. The van der Waals surface area contributed by atoms with Crippen LogP contribution in [-0.2, 0) is 0 Å². The Morgan fingerprint density at radius 3 is 2.33 bits per heavy atom. The van der Waals surface area contributed by atoms with Crippen molar-refractivity contribution < 1.29 is 9.72 Å². The Hall–Kier alpha value is -2.11. The zero-order chi connectivity index (χ0) is 16.2. The molecule has 0 saturated heterocycles. The van der Waals surface area contributed by atoms with Gasteiger partial charge in [0.1, 0.15) is 5.69 Å². The first-order valence-electron chi connectivity index (χ1n) is 7.02. The molecule has 0 aliphatic heterocycles. The molecular weight excluding hydrogens is 270 g/mol. The molecule has 1 amide bonds. The van der Waals surface area contributed by atoms with Crippen LogP contribution >= 0.6 is 0 Å². The summed E-state index contributed by atoms with van der Waals surface area (Å²) in [4.78, 5) is 24.1. The highest BCUT2D eigenvalue weighted by atomic mass is 16.6. The smallest absolute Gasteiger partial charge is 0.293 e. The maximum atomic E-state index is 11.9. The van der Waals surface area contributed by atoms with Crippen molar-refractivity contribution in [3.8, 4) is 0 Å². The molecule has 0 aliphatic carbocycles. The van der Waals surface area contributed by atoms with Crippen LogP contribution in [0.1, 0.15) is 44.0 Å². The lowest BCUT2D eigenvalue weighted by Crippen LogP contribution is -2.33. The van der Waals surface area contributed by atoms with E-state index in [1.807, 2.05) is 20.8 Å². The predicted molar refractivity (Wildman–Crippen MR) is 83.7 cm³/mol. The van der Waals surface area contributed by atoms with Gasteiger partial charge in [-0.1, -0.05) is 13.8 Å². The van der Waals surface area contributed by atoms with E-state index in [1.165, 1.54) is 11.0 Å². The lowest BCUT2D eigenvalue weighted by atomic mass is 9.95. The summed E-state index contributed by atoms with van der Waals surface area (Å²) >= 11 is 0. The summed E-state index contributed by atoms with van der Waals surface area (Å²) in [6.07, 6.45) is 1.69. The molecule has 6 heteroatoms. The van der Waals surface area contributed by atoms with Crippen LogP contribution in [0.4, 0.5) is 11.4 Å². The standard InChI is InChI=1S/C15H23N3O3/c1-6-15(3,7-2)16-12-9-8-11(14(19)17(4)5)10-13(12)18(20)21/h8-10,16H,6-7H2,1-5H3. The van der Waals surface area contributed by atoms with Crippen LogP contribution in [0.3, 0.4) is 0 Å². The van der Waals surface area contributed by atoms with Crippen molar-refractivity contribution in [1.82, 2.24) is 4.90 Å². The summed E-state index contributed by atoms with van der Waals surface area (Å²) in [5, 5.41) is 14.5. The van der Waals surface area contributed by atoms with Gasteiger partial charge in [0, 0.05) is 31.3 Å². The van der Waals surface area contributed by atoms with Gasteiger partial charge in [-0.25, -0.2) is 0 Å². The Morgan fingerprint density at radius 1 is 1.33 bits per heavy atom. The monoisotopic (exact) mass is 293 g/mol. The Labute approximate surface area is 125 Å². The average molecular weight is 293 g/mol. The number of benzene rings is 1. The Bertz CT molecular complexity index is 537. The van der Waals surface area contributed by atoms with Crippen LogP contribution in [-0.4, -0.2) is 35.4 Å². The molecule has 0 bridgehead atoms. The van der Waals surface area contributed by atoms with Gasteiger partial charge in [0.05, 0.1) is 4.92 Å². The Balaban J connectivity index is 3.23. The summed E-state index contributed by atoms with van der Waals surface area (Å²) in [6.45, 7) is 6.09. The van der Waals surface area contributed by atoms with E-state index < -0.39 is 4.92 Å². The molecule has 1 rings (SSSR count). The van der Waals surface area contributed by atoms with Gasteiger partial charge in [-0.3, -0.25) is 14.9 Å². The molecule has 0 aromatic heterocycles. The number of amides is 1. The number of nitro benzene ring substituents is 1. The summed E-state index contributed by atoms with van der Waals surface area (Å²) in [5.41, 5.74) is 0.474. The minimum absolute atomic E-state index is 0.0733. The van der Waals surface area contributed by atoms with E-state index in [0.717, 1.165) is 12.8 Å². The highest BCUT2D eigenvalue weighted by Gasteiger charge is 2.25. The van der Waals surface area contributed by atoms with Gasteiger partial charge in [-0.15, -0.1) is 0 Å². The number of anilines is 1. The van der Waals surface area contributed by atoms with Crippen molar-refractivity contribution in [1.29, 1.82) is 0 Å². The molecule has 116 valence electrons. The predicted octanol–water partition coefficient (Wildman–Crippen LogP) is 3.29. The molecule has 0 aliphatic rings. The molecule has 0 radical (unpaired) electrons. The molecule has 1 aromatic carbocycles. The molecule has 21 heavy (non-hydrogen) atoms. The molecule has 1 aromatic rings. The second-order valence-corrected chi connectivity index (χ2v) is 5.58. The van der Waals surface area contributed by atoms with Gasteiger partial charge in [0.2, 0.25) is 0 Å². The molecule has 1 N–H and O–H groups in total. The molecule has 0 saturated carbocycles. The molecule has 0 fully saturated rings. The molecule has 0 atom stereocenters. The first-order chi connectivity index (χ1) is 9.74. The lowest BCUT2D eigenvalue weighted by molar-refractivity contribution is -0.384. The van der Waals surface area contributed by atoms with Crippen LogP contribution in [0.5, 0.6) is 0 Å². The first-order valence-corrected chi connectivity index (χ1v) is 7.02. The van der Waals surface area contributed by atoms with Crippen LogP contribution in [0.2, 0.25) is 0 Å². The second kappa shape index (κ2) is 6.56. The fourth-order valence-corrected chi connectivity index (χ4v) is 1.93. The van der Waals surface area contributed by atoms with Gasteiger partial charge in [-0.05, 0) is 31.9 Å². The van der Waals surface area contributed by atoms with Crippen molar-refractivity contribution in [3.05, 3.63) is 33.9 Å². The van der Waals surface area contributed by atoms with E-state index in [4.69, 9.17) is 0 Å². The number of carbonyl (C=O) groups excluding carboxylic acids is 1. The number of nitrogens with one attached hydrogen (secondary N) is 1. The van der Waals surface area contributed by atoms with Gasteiger partial charge < -0.3 is 10.2 Å². The average Bonchev–Trinajstić information content (AvgIpc) is 2.46. The van der Waals surface area contributed by atoms with Crippen molar-refractivity contribution in [3.63, 3.8) is 0 Å². The third-order valence-corrected chi connectivity index (χ3v) is 3.84. The van der Waals surface area contributed by atoms with E-state index in [0.29, 0.717) is 11.3 Å². The van der Waals surface area contributed by atoms with E-state index >= 15 is 0 Å². The van der Waals surface area contributed by atoms with Crippen molar-refractivity contribution in [2.45, 2.75) is 39.2 Å². The van der Waals surface area contributed by atoms with E-state index in [1.54, 1.807) is 26.2 Å². The summed E-state index contributed by atoms with van der Waals surface area (Å²) < 4.78 is 0. The number of hydrogen-bond acceptors (Lipinski definition) is 4. The molecule has 6 nitrogen and oxygen atoms in total. The van der Waals surface area contributed by atoms with Crippen molar-refractivity contribution in [2.75, 3.05) is 19.4 Å². The highest BCUT2D eigenvalue weighted by Crippen LogP contribution is 2.30. The molecule has 0 unspecified atom stereocenters. The van der Waals surface area contributed by atoms with E-state index in [-0.39, 0.29) is 17.1 Å². The molecule has 0 spiro atoms. The van der Waals surface area contributed by atoms with Crippen LogP contribution in [0, 0.1) is 10.1 Å². The van der Waals surface area contributed by atoms with Gasteiger partial charge in [-0.2, -0.15) is 0 Å². The van der Waals surface area contributed by atoms with Crippen LogP contribution < -0.4 is 5.32 Å². The number of rotatable bonds is 6. The van der Waals surface area contributed by atoms with Crippen LogP contribution in [0.25, 0.3) is 0 Å². The summed E-state index contributed by atoms with van der Waals surface area (Å²) in [7, 11) is 3.23. The van der Waals surface area contributed by atoms with Gasteiger partial charge in [0.15, 0.2) is 0 Å². The zero-order valence-electron chi connectivity index (χ0n) is 13.3. The van der Waals surface area contributed by atoms with Gasteiger partial charge >= 0.3 is 0 Å². The fourth-order valence-electron chi connectivity index (χ4n) is 1.93. The van der Waals surface area contributed by atoms with E-state index in [9.17, 15) is 14.9 Å². The SMILES string of the molecule is CCC(C)(CC)Nc1ccc(C(=O)N(C)C)cc1[N+](=O)[O-]. The Morgan fingerprint density at radius 2 is 1.90 bits per heavy atom. The molecular formula is C15H23N3O3. The summed E-state index contributed by atoms with van der Waals surface area (Å²) in [5.74, 6) is -0.251. The quantitative estimate of drug-likeness (QED) is 0.645. The van der Waals surface area contributed by atoms with E-state index in [2.05, 4.69) is 5.32 Å². The number of nitrogens with zero attached hydrogens (tertiary/aromatic N) is 2. The Kier molecular flexibility index (Phi) is 5.29. The number of hydrogen-bond donors (Lipinski definition) is 1. The minimum atomic E-state index is -0.458. The number of carbonyl (C=O) groups is 1. The fraction of sp³-hybridized carbons (Fsp3) is 0.533. The van der Waals surface area contributed by atoms with Crippen molar-refractivity contribution >= 4 is 17.3 Å². The maximum absolute atomic E-state index is 11.9. The third-order valence-electron chi connectivity index (χ3n) is 3.84.